The molecule has 100 valence electrons. The van der Waals surface area contributed by atoms with Gasteiger partial charge in [-0.2, -0.15) is 0 Å². The molecular formula is C15H23FN2. The molecule has 18 heavy (non-hydrogen) atoms. The van der Waals surface area contributed by atoms with Gasteiger partial charge in [0.1, 0.15) is 5.82 Å². The van der Waals surface area contributed by atoms with Crippen LogP contribution in [-0.2, 0) is 0 Å². The van der Waals surface area contributed by atoms with E-state index in [2.05, 4.69) is 17.6 Å². The molecule has 0 radical (unpaired) electrons. The summed E-state index contributed by atoms with van der Waals surface area (Å²) >= 11 is 0. The number of halogens is 1. The van der Waals surface area contributed by atoms with E-state index in [4.69, 9.17) is 0 Å². The second-order valence-electron chi connectivity index (χ2n) is 5.36. The van der Waals surface area contributed by atoms with Crippen LogP contribution in [0.4, 0.5) is 10.1 Å². The fourth-order valence-corrected chi connectivity index (χ4v) is 2.64. The van der Waals surface area contributed by atoms with Crippen molar-refractivity contribution in [2.45, 2.75) is 51.6 Å². The summed E-state index contributed by atoms with van der Waals surface area (Å²) in [5.74, 6) is -0.124. The van der Waals surface area contributed by atoms with Crippen LogP contribution in [0.25, 0.3) is 0 Å². The third-order valence-corrected chi connectivity index (χ3v) is 3.64. The van der Waals surface area contributed by atoms with Crippen molar-refractivity contribution >= 4 is 5.69 Å². The number of hydrogen-bond acceptors (Lipinski definition) is 2. The van der Waals surface area contributed by atoms with Gasteiger partial charge in [-0.15, -0.1) is 0 Å². The number of aryl methyl sites for hydroxylation is 1. The number of hydrogen-bond donors (Lipinski definition) is 2. The monoisotopic (exact) mass is 250 g/mol. The Hall–Kier alpha value is -1.09. The van der Waals surface area contributed by atoms with Gasteiger partial charge in [0.15, 0.2) is 0 Å². The number of piperidine rings is 1. The van der Waals surface area contributed by atoms with Gasteiger partial charge in [0.25, 0.3) is 0 Å². The van der Waals surface area contributed by atoms with Crippen molar-refractivity contribution in [1.29, 1.82) is 0 Å². The maximum Gasteiger partial charge on any atom is 0.149 e. The van der Waals surface area contributed by atoms with E-state index in [1.54, 1.807) is 13.0 Å². The molecule has 2 nitrogen and oxygen atoms in total. The minimum absolute atomic E-state index is 0.124. The molecule has 1 aliphatic rings. The van der Waals surface area contributed by atoms with Gasteiger partial charge in [-0.05, 0) is 51.3 Å². The summed E-state index contributed by atoms with van der Waals surface area (Å²) in [6.07, 6.45) is 4.88. The molecule has 1 saturated heterocycles. The predicted octanol–water partition coefficient (Wildman–Crippen LogP) is 3.47. The SMILES string of the molecule is Cc1cccc(NC(C)CC2CCCCN2)c1F. The maximum absolute atomic E-state index is 13.9. The van der Waals surface area contributed by atoms with E-state index in [9.17, 15) is 4.39 Å². The minimum Gasteiger partial charge on any atom is -0.380 e. The lowest BCUT2D eigenvalue weighted by atomic mass is 9.98. The van der Waals surface area contributed by atoms with Crippen molar-refractivity contribution in [3.8, 4) is 0 Å². The Morgan fingerprint density at radius 1 is 1.44 bits per heavy atom. The van der Waals surface area contributed by atoms with Crippen LogP contribution in [0.3, 0.4) is 0 Å². The molecule has 1 fully saturated rings. The molecule has 2 rings (SSSR count). The minimum atomic E-state index is -0.124. The second-order valence-corrected chi connectivity index (χ2v) is 5.36. The molecule has 3 heteroatoms. The van der Waals surface area contributed by atoms with E-state index in [1.807, 2.05) is 12.1 Å². The molecule has 0 spiro atoms. The first-order valence-electron chi connectivity index (χ1n) is 6.92. The lowest BCUT2D eigenvalue weighted by molar-refractivity contribution is 0.371. The van der Waals surface area contributed by atoms with E-state index in [-0.39, 0.29) is 11.9 Å². The van der Waals surface area contributed by atoms with E-state index < -0.39 is 0 Å². The highest BCUT2D eigenvalue weighted by molar-refractivity contribution is 5.48. The molecule has 0 saturated carbocycles. The standard InChI is InChI=1S/C15H23FN2/c1-11-6-5-8-14(15(11)16)18-12(2)10-13-7-3-4-9-17-13/h5-6,8,12-13,17-18H,3-4,7,9-10H2,1-2H3. The molecule has 0 aliphatic carbocycles. The van der Waals surface area contributed by atoms with Gasteiger partial charge in [-0.1, -0.05) is 18.6 Å². The number of anilines is 1. The first-order chi connectivity index (χ1) is 8.66. The van der Waals surface area contributed by atoms with Crippen molar-refractivity contribution < 1.29 is 4.39 Å². The van der Waals surface area contributed by atoms with Gasteiger partial charge < -0.3 is 10.6 Å². The van der Waals surface area contributed by atoms with Crippen LogP contribution in [0, 0.1) is 12.7 Å². The fourth-order valence-electron chi connectivity index (χ4n) is 2.64. The van der Waals surface area contributed by atoms with Gasteiger partial charge in [-0.25, -0.2) is 4.39 Å². The number of rotatable bonds is 4. The zero-order valence-corrected chi connectivity index (χ0v) is 11.3. The zero-order chi connectivity index (χ0) is 13.0. The smallest absolute Gasteiger partial charge is 0.149 e. The molecule has 1 aliphatic heterocycles. The molecule has 2 atom stereocenters. The Bertz CT molecular complexity index is 386. The summed E-state index contributed by atoms with van der Waals surface area (Å²) in [7, 11) is 0. The summed E-state index contributed by atoms with van der Waals surface area (Å²) < 4.78 is 13.9. The van der Waals surface area contributed by atoms with Gasteiger partial charge in [0.2, 0.25) is 0 Å². The topological polar surface area (TPSA) is 24.1 Å². The summed E-state index contributed by atoms with van der Waals surface area (Å²) in [4.78, 5) is 0. The zero-order valence-electron chi connectivity index (χ0n) is 11.3. The normalized spacial score (nSPS) is 21.6. The van der Waals surface area contributed by atoms with Crippen LogP contribution in [0.2, 0.25) is 0 Å². The largest absolute Gasteiger partial charge is 0.380 e. The van der Waals surface area contributed by atoms with E-state index in [0.29, 0.717) is 17.3 Å². The van der Waals surface area contributed by atoms with Gasteiger partial charge in [-0.3, -0.25) is 0 Å². The highest BCUT2D eigenvalue weighted by atomic mass is 19.1. The van der Waals surface area contributed by atoms with Crippen LogP contribution in [0.5, 0.6) is 0 Å². The van der Waals surface area contributed by atoms with Gasteiger partial charge in [0.05, 0.1) is 5.69 Å². The van der Waals surface area contributed by atoms with Crippen molar-refractivity contribution in [3.63, 3.8) is 0 Å². The van der Waals surface area contributed by atoms with Crippen molar-refractivity contribution in [2.24, 2.45) is 0 Å². The Kier molecular flexibility index (Phi) is 4.59. The fraction of sp³-hybridized carbons (Fsp3) is 0.600. The molecule has 1 aromatic carbocycles. The van der Waals surface area contributed by atoms with Gasteiger partial charge in [0, 0.05) is 12.1 Å². The predicted molar refractivity (Wildman–Crippen MR) is 74.5 cm³/mol. The van der Waals surface area contributed by atoms with Crippen LogP contribution < -0.4 is 10.6 Å². The molecule has 0 amide bonds. The van der Waals surface area contributed by atoms with Crippen LogP contribution in [0.15, 0.2) is 18.2 Å². The molecule has 0 aromatic heterocycles. The van der Waals surface area contributed by atoms with Crippen LogP contribution >= 0.6 is 0 Å². The first-order valence-corrected chi connectivity index (χ1v) is 6.92. The maximum atomic E-state index is 13.9. The Balaban J connectivity index is 1.90. The third kappa shape index (κ3) is 3.45. The first kappa shape index (κ1) is 13.3. The number of nitrogens with one attached hydrogen (secondary N) is 2. The van der Waals surface area contributed by atoms with E-state index >= 15 is 0 Å². The molecular weight excluding hydrogens is 227 g/mol. The lowest BCUT2D eigenvalue weighted by Crippen LogP contribution is -2.37. The summed E-state index contributed by atoms with van der Waals surface area (Å²) in [5, 5.41) is 6.81. The van der Waals surface area contributed by atoms with Crippen molar-refractivity contribution in [2.75, 3.05) is 11.9 Å². The second kappa shape index (κ2) is 6.19. The van der Waals surface area contributed by atoms with Crippen molar-refractivity contribution in [1.82, 2.24) is 5.32 Å². The summed E-state index contributed by atoms with van der Waals surface area (Å²) in [6.45, 7) is 5.04. The lowest BCUT2D eigenvalue weighted by Gasteiger charge is -2.27. The van der Waals surface area contributed by atoms with Crippen LogP contribution in [0.1, 0.15) is 38.2 Å². The molecule has 1 aromatic rings. The molecule has 1 heterocycles. The van der Waals surface area contributed by atoms with E-state index in [1.165, 1.54) is 19.3 Å². The Labute approximate surface area is 109 Å². The average Bonchev–Trinajstić information content (AvgIpc) is 2.36. The van der Waals surface area contributed by atoms with Gasteiger partial charge >= 0.3 is 0 Å². The Morgan fingerprint density at radius 3 is 3.00 bits per heavy atom. The molecule has 2 unspecified atom stereocenters. The van der Waals surface area contributed by atoms with E-state index in [0.717, 1.165) is 13.0 Å². The Morgan fingerprint density at radius 2 is 2.28 bits per heavy atom. The highest BCUT2D eigenvalue weighted by Crippen LogP contribution is 2.20. The van der Waals surface area contributed by atoms with Crippen molar-refractivity contribution in [3.05, 3.63) is 29.6 Å². The summed E-state index contributed by atoms with van der Waals surface area (Å²) in [5.41, 5.74) is 1.32. The highest BCUT2D eigenvalue weighted by Gasteiger charge is 2.16. The quantitative estimate of drug-likeness (QED) is 0.855. The molecule has 2 N–H and O–H groups in total. The number of benzene rings is 1. The molecule has 0 bridgehead atoms. The summed E-state index contributed by atoms with van der Waals surface area (Å²) in [6, 6.07) is 6.37. The van der Waals surface area contributed by atoms with Crippen LogP contribution in [-0.4, -0.2) is 18.6 Å². The average molecular weight is 250 g/mol. The third-order valence-electron chi connectivity index (χ3n) is 3.64.